The van der Waals surface area contributed by atoms with Gasteiger partial charge in [-0.1, -0.05) is 72.8 Å². The van der Waals surface area contributed by atoms with Crippen molar-refractivity contribution in [3.63, 3.8) is 0 Å². The molecule has 392 valence electrons. The predicted molar refractivity (Wildman–Crippen MR) is 318 cm³/mol. The van der Waals surface area contributed by atoms with Crippen LogP contribution in [0.5, 0.6) is 0 Å². The lowest BCUT2D eigenvalue weighted by Crippen LogP contribution is -2.53. The Bertz CT molecular complexity index is 2590. The van der Waals surface area contributed by atoms with Crippen LogP contribution in [0.25, 0.3) is 0 Å². The van der Waals surface area contributed by atoms with Crippen LogP contribution in [0.4, 0.5) is 34.1 Å². The van der Waals surface area contributed by atoms with Gasteiger partial charge in [-0.15, -0.1) is 0 Å². The lowest BCUT2D eigenvalue weighted by atomic mass is 9.94. The fourth-order valence-electron chi connectivity index (χ4n) is 11.6. The molecule has 0 unspecified atom stereocenters. The fourth-order valence-corrected chi connectivity index (χ4v) is 11.6. The van der Waals surface area contributed by atoms with Crippen molar-refractivity contribution in [2.45, 2.75) is 177 Å². The maximum Gasteiger partial charge on any atom is 0.117 e. The molecular formula is C66H92N6O. The van der Waals surface area contributed by atoms with Crippen molar-refractivity contribution >= 4 is 34.1 Å². The molecule has 0 aromatic heterocycles. The third-order valence-corrected chi connectivity index (χ3v) is 13.4. The molecule has 73 heavy (non-hydrogen) atoms. The van der Waals surface area contributed by atoms with Gasteiger partial charge in [0.05, 0.1) is 13.3 Å². The number of hydrogen-bond acceptors (Lipinski definition) is 7. The summed E-state index contributed by atoms with van der Waals surface area (Å²) in [4.78, 5) is 11.8. The van der Waals surface area contributed by atoms with E-state index in [1.807, 2.05) is 4.90 Å². The zero-order valence-electron chi connectivity index (χ0n) is 48.3. The van der Waals surface area contributed by atoms with E-state index in [1.165, 1.54) is 50.4 Å². The Morgan fingerprint density at radius 2 is 0.521 bits per heavy atom. The highest BCUT2D eigenvalue weighted by Gasteiger charge is 2.34. The predicted octanol–water partition coefficient (Wildman–Crippen LogP) is 16.0. The van der Waals surface area contributed by atoms with Crippen LogP contribution in [0.3, 0.4) is 0 Å². The standard InChI is InChI=1S/C66H92N6O/c1-61(2,3)70(62(4,5)6)58-37-25-52(26-38-58)43-49-19-31-55(32-20-49)67-46-68(56-33-21-50(22-34-56)44-53-27-39-59(40-28-53)71(63(7,8)9)64(10,11)12)47-69(48-73)57-35-23-51(24-36-57)45-54-29-41-60(42-30-54)72(65(13,14)15)66(16,17)18/h19-42,67,73H,43-48H2,1-18H3. The number of aliphatic hydroxyl groups excluding tert-OH is 1. The van der Waals surface area contributed by atoms with Crippen molar-refractivity contribution in [2.24, 2.45) is 0 Å². The van der Waals surface area contributed by atoms with Crippen LogP contribution in [0.1, 0.15) is 158 Å². The van der Waals surface area contributed by atoms with Gasteiger partial charge in [0.2, 0.25) is 0 Å². The van der Waals surface area contributed by atoms with Crippen molar-refractivity contribution in [3.05, 3.63) is 179 Å². The van der Waals surface area contributed by atoms with Gasteiger partial charge in [0.1, 0.15) is 6.73 Å². The molecule has 0 amide bonds. The van der Waals surface area contributed by atoms with E-state index in [9.17, 15) is 5.11 Å². The monoisotopic (exact) mass is 985 g/mol. The largest absolute Gasteiger partial charge is 0.376 e. The van der Waals surface area contributed by atoms with E-state index in [1.54, 1.807) is 0 Å². The number of anilines is 6. The SMILES string of the molecule is CC(C)(C)N(c1ccc(Cc2ccc(NCN(CN(CO)c3ccc(Cc4ccc(N(C(C)(C)C)C(C)(C)C)cc4)cc3)c3ccc(Cc4ccc(N(C(C)(C)C)C(C)(C)C)cc4)cc3)cc2)cc1)C(C)(C)C. The summed E-state index contributed by atoms with van der Waals surface area (Å²) in [6.45, 7) is 41.9. The van der Waals surface area contributed by atoms with E-state index >= 15 is 0 Å². The van der Waals surface area contributed by atoms with Crippen LogP contribution >= 0.6 is 0 Å². The average Bonchev–Trinajstić information content (AvgIpc) is 3.27. The second-order valence-electron chi connectivity index (χ2n) is 26.3. The molecule has 0 aliphatic carbocycles. The van der Waals surface area contributed by atoms with E-state index < -0.39 is 0 Å². The second-order valence-corrected chi connectivity index (χ2v) is 26.3. The molecular weight excluding hydrogens is 893 g/mol. The Hall–Kier alpha value is -5.92. The van der Waals surface area contributed by atoms with Crippen LogP contribution in [0.15, 0.2) is 146 Å². The highest BCUT2D eigenvalue weighted by Crippen LogP contribution is 2.36. The molecule has 0 bridgehead atoms. The fraction of sp³-hybridized carbons (Fsp3) is 0.455. The van der Waals surface area contributed by atoms with Gasteiger partial charge >= 0.3 is 0 Å². The molecule has 0 fully saturated rings. The molecule has 7 heteroatoms. The van der Waals surface area contributed by atoms with Gasteiger partial charge in [-0.2, -0.15) is 0 Å². The van der Waals surface area contributed by atoms with Crippen molar-refractivity contribution in [1.29, 1.82) is 0 Å². The minimum Gasteiger partial charge on any atom is -0.376 e. The van der Waals surface area contributed by atoms with Gasteiger partial charge in [-0.05, 0) is 250 Å². The van der Waals surface area contributed by atoms with Crippen LogP contribution in [-0.4, -0.2) is 58.4 Å². The summed E-state index contributed by atoms with van der Waals surface area (Å²) < 4.78 is 0. The Kier molecular flexibility index (Phi) is 17.2. The summed E-state index contributed by atoms with van der Waals surface area (Å²) in [5.74, 6) is 0. The molecule has 6 rings (SSSR count). The molecule has 0 aliphatic rings. The van der Waals surface area contributed by atoms with Crippen LogP contribution in [0.2, 0.25) is 0 Å². The van der Waals surface area contributed by atoms with E-state index in [0.29, 0.717) is 13.3 Å². The number of hydrogen-bond donors (Lipinski definition) is 2. The molecule has 0 atom stereocenters. The van der Waals surface area contributed by atoms with Gasteiger partial charge in [0.15, 0.2) is 0 Å². The zero-order chi connectivity index (χ0) is 53.7. The molecule has 0 saturated heterocycles. The second kappa shape index (κ2) is 22.3. The number of aliphatic hydroxyl groups is 1. The van der Waals surface area contributed by atoms with Gasteiger partial charge in [0.25, 0.3) is 0 Å². The lowest BCUT2D eigenvalue weighted by Gasteiger charge is -2.47. The van der Waals surface area contributed by atoms with Crippen molar-refractivity contribution in [1.82, 2.24) is 0 Å². The molecule has 6 aromatic carbocycles. The number of rotatable bonds is 17. The minimum absolute atomic E-state index is 0.000138. The first-order valence-corrected chi connectivity index (χ1v) is 26.7. The van der Waals surface area contributed by atoms with Gasteiger partial charge < -0.3 is 34.9 Å². The van der Waals surface area contributed by atoms with E-state index in [-0.39, 0.29) is 40.0 Å². The Morgan fingerprint density at radius 3 is 0.753 bits per heavy atom. The minimum atomic E-state index is -0.120. The van der Waals surface area contributed by atoms with Crippen LogP contribution < -0.4 is 29.8 Å². The Morgan fingerprint density at radius 1 is 0.301 bits per heavy atom. The molecule has 6 aromatic rings. The molecule has 2 N–H and O–H groups in total. The summed E-state index contributed by atoms with van der Waals surface area (Å²) >= 11 is 0. The lowest BCUT2D eigenvalue weighted by molar-refractivity contribution is 0.290. The number of nitrogens with one attached hydrogen (secondary N) is 1. The van der Waals surface area contributed by atoms with Gasteiger partial charge in [-0.3, -0.25) is 0 Å². The molecule has 0 radical (unpaired) electrons. The third kappa shape index (κ3) is 15.3. The Labute approximate surface area is 443 Å². The summed E-state index contributed by atoms with van der Waals surface area (Å²) in [6, 6.07) is 53.6. The maximum atomic E-state index is 10.9. The summed E-state index contributed by atoms with van der Waals surface area (Å²) in [5, 5.41) is 14.7. The smallest absolute Gasteiger partial charge is 0.117 e. The topological polar surface area (TPSA) is 48.5 Å². The molecule has 0 saturated carbocycles. The summed E-state index contributed by atoms with van der Waals surface area (Å²) in [7, 11) is 0. The molecule has 0 spiro atoms. The quantitative estimate of drug-likeness (QED) is 0.0883. The first-order chi connectivity index (χ1) is 33.9. The third-order valence-electron chi connectivity index (χ3n) is 13.4. The zero-order valence-corrected chi connectivity index (χ0v) is 48.3. The van der Waals surface area contributed by atoms with Crippen molar-refractivity contribution in [2.75, 3.05) is 49.9 Å². The first-order valence-electron chi connectivity index (χ1n) is 26.7. The molecule has 7 nitrogen and oxygen atoms in total. The highest BCUT2D eigenvalue weighted by molar-refractivity contribution is 5.58. The van der Waals surface area contributed by atoms with Gasteiger partial charge in [-0.25, -0.2) is 0 Å². The maximum absolute atomic E-state index is 10.9. The van der Waals surface area contributed by atoms with Crippen LogP contribution in [0, 0.1) is 0 Å². The van der Waals surface area contributed by atoms with Crippen molar-refractivity contribution < 1.29 is 5.11 Å². The normalized spacial score (nSPS) is 12.6. The van der Waals surface area contributed by atoms with Crippen molar-refractivity contribution in [3.8, 4) is 0 Å². The molecule has 0 aliphatic heterocycles. The van der Waals surface area contributed by atoms with Gasteiger partial charge in [0, 0.05) is 67.4 Å². The first kappa shape index (κ1) is 56.4. The highest BCUT2D eigenvalue weighted by atomic mass is 16.3. The molecule has 0 heterocycles. The number of benzene rings is 6. The summed E-state index contributed by atoms with van der Waals surface area (Å²) in [5.41, 5.74) is 14.4. The van der Waals surface area contributed by atoms with E-state index in [4.69, 9.17) is 0 Å². The summed E-state index contributed by atoms with van der Waals surface area (Å²) in [6.07, 6.45) is 2.55. The van der Waals surface area contributed by atoms with Crippen LogP contribution in [-0.2, 0) is 19.3 Å². The average molecular weight is 986 g/mol. The van der Waals surface area contributed by atoms with E-state index in [0.717, 1.165) is 36.3 Å². The van der Waals surface area contributed by atoms with E-state index in [2.05, 4.69) is 295 Å². The number of nitrogens with zero attached hydrogens (tertiary/aromatic N) is 5. The Balaban J connectivity index is 1.18.